The lowest BCUT2D eigenvalue weighted by atomic mass is 10.0. The van der Waals surface area contributed by atoms with Crippen LogP contribution >= 0.6 is 0 Å². The highest BCUT2D eigenvalue weighted by Gasteiger charge is 2.15. The lowest BCUT2D eigenvalue weighted by Crippen LogP contribution is -2.20. The first-order chi connectivity index (χ1) is 11.6. The molecule has 0 unspecified atom stereocenters. The van der Waals surface area contributed by atoms with Crippen LogP contribution in [0.1, 0.15) is 77.6 Å². The first-order valence-electron chi connectivity index (χ1n) is 9.33. The molecule has 152 valence electrons. The van der Waals surface area contributed by atoms with E-state index in [2.05, 4.69) is 6.92 Å². The molecule has 0 saturated heterocycles. The Balaban J connectivity index is 3.89. The quantitative estimate of drug-likeness (QED) is 0.272. The Labute approximate surface area is 154 Å². The van der Waals surface area contributed by atoms with Crippen molar-refractivity contribution in [3.05, 3.63) is 0 Å². The molecule has 6 nitrogen and oxygen atoms in total. The van der Waals surface area contributed by atoms with Crippen molar-refractivity contribution in [1.29, 1.82) is 0 Å². The van der Waals surface area contributed by atoms with E-state index in [0.717, 1.165) is 31.8 Å². The molecule has 0 aliphatic rings. The van der Waals surface area contributed by atoms with Crippen molar-refractivity contribution in [2.45, 2.75) is 77.6 Å². The maximum atomic E-state index is 11.1. The van der Waals surface area contributed by atoms with Crippen LogP contribution in [0.5, 0.6) is 0 Å². The van der Waals surface area contributed by atoms with Crippen LogP contribution in [0.3, 0.4) is 0 Å². The molecule has 0 aromatic carbocycles. The second kappa shape index (κ2) is 13.9. The fourth-order valence-electron chi connectivity index (χ4n) is 2.57. The van der Waals surface area contributed by atoms with Crippen molar-refractivity contribution in [3.63, 3.8) is 0 Å². The molecule has 0 radical (unpaired) electrons. The number of rotatable bonds is 17. The first kappa shape index (κ1) is 24.8. The smallest absolute Gasteiger partial charge is 0.264 e. The van der Waals surface area contributed by atoms with Gasteiger partial charge in [0.1, 0.15) is 0 Å². The van der Waals surface area contributed by atoms with E-state index in [-0.39, 0.29) is 19.1 Å². The highest BCUT2D eigenvalue weighted by atomic mass is 32.2. The van der Waals surface area contributed by atoms with Gasteiger partial charge in [0.25, 0.3) is 20.2 Å². The van der Waals surface area contributed by atoms with Crippen LogP contribution in [0, 0.1) is 5.92 Å². The molecule has 0 atom stereocenters. The molecule has 8 heteroatoms. The summed E-state index contributed by atoms with van der Waals surface area (Å²) in [5.74, 6) is -0.238. The molecule has 25 heavy (non-hydrogen) atoms. The zero-order valence-corrected chi connectivity index (χ0v) is 17.7. The van der Waals surface area contributed by atoms with Crippen LogP contribution in [0.4, 0.5) is 0 Å². The van der Waals surface area contributed by atoms with Gasteiger partial charge in [-0.05, 0) is 6.42 Å². The van der Waals surface area contributed by atoms with Gasteiger partial charge >= 0.3 is 0 Å². The van der Waals surface area contributed by atoms with E-state index in [1.165, 1.54) is 44.9 Å². The third-order valence-corrected chi connectivity index (χ3v) is 5.13. The summed E-state index contributed by atoms with van der Waals surface area (Å²) < 4.78 is 54.0. The Morgan fingerprint density at radius 1 is 0.640 bits per heavy atom. The topological polar surface area (TPSA) is 86.7 Å². The largest absolute Gasteiger partial charge is 0.270 e. The normalized spacial score (nSPS) is 12.8. The van der Waals surface area contributed by atoms with Crippen molar-refractivity contribution >= 4 is 20.2 Å². The average molecular weight is 401 g/mol. The summed E-state index contributed by atoms with van der Waals surface area (Å²) in [6.07, 6.45) is 14.8. The van der Waals surface area contributed by atoms with Gasteiger partial charge < -0.3 is 0 Å². The van der Waals surface area contributed by atoms with Gasteiger partial charge in [0.05, 0.1) is 25.7 Å². The van der Waals surface area contributed by atoms with Crippen LogP contribution in [-0.4, -0.2) is 42.6 Å². The summed E-state index contributed by atoms with van der Waals surface area (Å²) in [4.78, 5) is 0. The number of hydrogen-bond donors (Lipinski definition) is 0. The molecule has 0 aromatic rings. The lowest BCUT2D eigenvalue weighted by molar-refractivity contribution is 0.176. The van der Waals surface area contributed by atoms with E-state index >= 15 is 0 Å². The van der Waals surface area contributed by atoms with E-state index in [1.54, 1.807) is 0 Å². The maximum absolute atomic E-state index is 11.1. The van der Waals surface area contributed by atoms with Crippen molar-refractivity contribution < 1.29 is 25.2 Å². The SMILES string of the molecule is CCCCCCCCCCCCC(COS(C)(=O)=O)COS(C)(=O)=O. The monoisotopic (exact) mass is 400 g/mol. The zero-order valence-electron chi connectivity index (χ0n) is 16.0. The van der Waals surface area contributed by atoms with Crippen molar-refractivity contribution in [2.24, 2.45) is 5.92 Å². The van der Waals surface area contributed by atoms with E-state index in [1.807, 2.05) is 0 Å². The third kappa shape index (κ3) is 20.0. The molecule has 0 aliphatic heterocycles. The molecule has 0 aliphatic carbocycles. The first-order valence-corrected chi connectivity index (χ1v) is 13.0. The highest BCUT2D eigenvalue weighted by Crippen LogP contribution is 2.16. The molecular weight excluding hydrogens is 364 g/mol. The van der Waals surface area contributed by atoms with Gasteiger partial charge in [0, 0.05) is 5.92 Å². The van der Waals surface area contributed by atoms with Gasteiger partial charge in [-0.15, -0.1) is 0 Å². The highest BCUT2D eigenvalue weighted by molar-refractivity contribution is 7.86. The Hall–Kier alpha value is -0.180. The van der Waals surface area contributed by atoms with Crippen LogP contribution < -0.4 is 0 Å². The Bertz CT molecular complexity index is 477. The summed E-state index contributed by atoms with van der Waals surface area (Å²) >= 11 is 0. The third-order valence-electron chi connectivity index (χ3n) is 4.00. The van der Waals surface area contributed by atoms with Crippen molar-refractivity contribution in [3.8, 4) is 0 Å². The van der Waals surface area contributed by atoms with Crippen molar-refractivity contribution in [2.75, 3.05) is 25.7 Å². The minimum atomic E-state index is -3.53. The summed E-state index contributed by atoms with van der Waals surface area (Å²) in [5, 5.41) is 0. The molecule has 0 rings (SSSR count). The van der Waals surface area contributed by atoms with E-state index in [4.69, 9.17) is 8.37 Å². The fourth-order valence-corrected chi connectivity index (χ4v) is 3.45. The summed E-state index contributed by atoms with van der Waals surface area (Å²) in [6.45, 7) is 2.15. The van der Waals surface area contributed by atoms with Gasteiger partial charge in [-0.2, -0.15) is 16.8 Å². The second-order valence-electron chi connectivity index (χ2n) is 6.81. The summed E-state index contributed by atoms with van der Waals surface area (Å²) in [7, 11) is -7.06. The van der Waals surface area contributed by atoms with E-state index in [9.17, 15) is 16.8 Å². The van der Waals surface area contributed by atoms with Gasteiger partial charge in [0.15, 0.2) is 0 Å². The molecule has 0 spiro atoms. The van der Waals surface area contributed by atoms with Gasteiger partial charge in [-0.1, -0.05) is 71.1 Å². The molecular formula is C17H36O6S2. The second-order valence-corrected chi connectivity index (χ2v) is 10.1. The fraction of sp³-hybridized carbons (Fsp3) is 1.00. The molecule has 0 heterocycles. The minimum Gasteiger partial charge on any atom is -0.270 e. The summed E-state index contributed by atoms with van der Waals surface area (Å²) in [6, 6.07) is 0. The standard InChI is InChI=1S/C17H36O6S2/c1-4-5-6-7-8-9-10-11-12-13-14-17(15-22-24(2,18)19)16-23-25(3,20)21/h17H,4-16H2,1-3H3. The van der Waals surface area contributed by atoms with Gasteiger partial charge in [-0.25, -0.2) is 0 Å². The van der Waals surface area contributed by atoms with E-state index < -0.39 is 20.2 Å². The van der Waals surface area contributed by atoms with E-state index in [0.29, 0.717) is 6.42 Å². The number of hydrogen-bond acceptors (Lipinski definition) is 6. The minimum absolute atomic E-state index is 0.0359. The van der Waals surface area contributed by atoms with Gasteiger partial charge in [-0.3, -0.25) is 8.37 Å². The maximum Gasteiger partial charge on any atom is 0.264 e. The van der Waals surface area contributed by atoms with Crippen LogP contribution in [-0.2, 0) is 28.6 Å². The average Bonchev–Trinajstić information content (AvgIpc) is 2.49. The van der Waals surface area contributed by atoms with Gasteiger partial charge in [0.2, 0.25) is 0 Å². The molecule has 0 saturated carbocycles. The van der Waals surface area contributed by atoms with Crippen molar-refractivity contribution in [1.82, 2.24) is 0 Å². The Morgan fingerprint density at radius 3 is 1.36 bits per heavy atom. The summed E-state index contributed by atoms with van der Waals surface area (Å²) in [5.41, 5.74) is 0. The Kier molecular flexibility index (Phi) is 13.8. The lowest BCUT2D eigenvalue weighted by Gasteiger charge is -2.15. The predicted octanol–water partition coefficient (Wildman–Crippen LogP) is 3.87. The molecule has 0 bridgehead atoms. The molecule has 0 fully saturated rings. The predicted molar refractivity (Wildman–Crippen MR) is 102 cm³/mol. The van der Waals surface area contributed by atoms with Crippen LogP contribution in [0.2, 0.25) is 0 Å². The van der Waals surface area contributed by atoms with Crippen LogP contribution in [0.25, 0.3) is 0 Å². The molecule has 0 N–H and O–H groups in total. The Morgan fingerprint density at radius 2 is 1.00 bits per heavy atom. The zero-order chi connectivity index (χ0) is 19.2. The van der Waals surface area contributed by atoms with Crippen LogP contribution in [0.15, 0.2) is 0 Å². The molecule has 0 amide bonds. The number of unbranched alkanes of at least 4 members (excludes halogenated alkanes) is 9. The molecule has 0 aromatic heterocycles.